The maximum atomic E-state index is 11.3. The molecule has 0 radical (unpaired) electrons. The standard InChI is InChI=1S/C6H4ClFO2S/c7-5-1-3-6(4-2-5)11(9)10-8/h1-4H. The molecule has 0 heterocycles. The molecule has 0 amide bonds. The van der Waals surface area contributed by atoms with Crippen molar-refractivity contribution in [3.05, 3.63) is 29.3 Å². The van der Waals surface area contributed by atoms with Crippen molar-refractivity contribution in [1.82, 2.24) is 0 Å². The lowest BCUT2D eigenvalue weighted by molar-refractivity contribution is 0.0125. The van der Waals surface area contributed by atoms with E-state index in [0.29, 0.717) is 5.02 Å². The molecular weight excluding hydrogens is 191 g/mol. The van der Waals surface area contributed by atoms with E-state index in [4.69, 9.17) is 11.6 Å². The minimum atomic E-state index is -2.02. The molecule has 0 aliphatic carbocycles. The zero-order valence-corrected chi connectivity index (χ0v) is 6.86. The van der Waals surface area contributed by atoms with Gasteiger partial charge >= 0.3 is 0 Å². The smallest absolute Gasteiger partial charge is 0.221 e. The van der Waals surface area contributed by atoms with E-state index in [9.17, 15) is 8.74 Å². The monoisotopic (exact) mass is 194 g/mol. The van der Waals surface area contributed by atoms with Crippen LogP contribution in [-0.4, -0.2) is 4.21 Å². The molecule has 0 bridgehead atoms. The van der Waals surface area contributed by atoms with Gasteiger partial charge < -0.3 is 0 Å². The third-order valence-corrected chi connectivity index (χ3v) is 2.09. The van der Waals surface area contributed by atoms with Crippen LogP contribution < -0.4 is 0 Å². The fraction of sp³-hybridized carbons (Fsp3) is 0. The Morgan fingerprint density at radius 1 is 1.36 bits per heavy atom. The van der Waals surface area contributed by atoms with Crippen LogP contribution in [0.2, 0.25) is 5.02 Å². The quantitative estimate of drug-likeness (QED) is 0.722. The molecule has 1 aromatic carbocycles. The van der Waals surface area contributed by atoms with Gasteiger partial charge in [0.1, 0.15) is 0 Å². The highest BCUT2D eigenvalue weighted by Gasteiger charge is 2.02. The molecule has 0 spiro atoms. The van der Waals surface area contributed by atoms with Crippen LogP contribution in [0.3, 0.4) is 0 Å². The first-order chi connectivity index (χ1) is 5.24. The van der Waals surface area contributed by atoms with E-state index in [-0.39, 0.29) is 4.90 Å². The molecule has 1 rings (SSSR count). The van der Waals surface area contributed by atoms with Gasteiger partial charge in [0.15, 0.2) is 0 Å². The molecule has 1 atom stereocenters. The number of halogens is 2. The summed E-state index contributed by atoms with van der Waals surface area (Å²) in [6, 6.07) is 5.87. The van der Waals surface area contributed by atoms with Crippen LogP contribution in [-0.2, 0) is 15.5 Å². The van der Waals surface area contributed by atoms with Crippen LogP contribution >= 0.6 is 11.6 Å². The molecule has 1 aromatic rings. The molecule has 0 aliphatic heterocycles. The Morgan fingerprint density at radius 3 is 2.36 bits per heavy atom. The lowest BCUT2D eigenvalue weighted by Crippen LogP contribution is -1.88. The topological polar surface area (TPSA) is 26.3 Å². The van der Waals surface area contributed by atoms with Crippen LogP contribution in [0.1, 0.15) is 0 Å². The number of hydrogen-bond donors (Lipinski definition) is 0. The van der Waals surface area contributed by atoms with Crippen molar-refractivity contribution >= 4 is 22.7 Å². The number of benzene rings is 1. The van der Waals surface area contributed by atoms with Gasteiger partial charge in [-0.25, -0.2) is 4.21 Å². The Hall–Kier alpha value is -0.450. The molecule has 11 heavy (non-hydrogen) atoms. The van der Waals surface area contributed by atoms with Gasteiger partial charge in [-0.1, -0.05) is 16.0 Å². The van der Waals surface area contributed by atoms with Crippen molar-refractivity contribution < 1.29 is 13.1 Å². The van der Waals surface area contributed by atoms with Crippen LogP contribution in [0, 0.1) is 0 Å². The molecule has 2 nitrogen and oxygen atoms in total. The Bertz CT molecular complexity index is 262. The van der Waals surface area contributed by atoms with Crippen LogP contribution in [0.5, 0.6) is 0 Å². The molecule has 0 saturated heterocycles. The lowest BCUT2D eigenvalue weighted by atomic mass is 10.4. The molecule has 0 fully saturated rings. The van der Waals surface area contributed by atoms with Gasteiger partial charge in [0.2, 0.25) is 11.1 Å². The molecule has 60 valence electrons. The first kappa shape index (κ1) is 8.64. The van der Waals surface area contributed by atoms with Crippen molar-refractivity contribution in [1.29, 1.82) is 0 Å². The van der Waals surface area contributed by atoms with Gasteiger partial charge in [-0.3, -0.25) is 0 Å². The fourth-order valence-corrected chi connectivity index (χ4v) is 1.14. The summed E-state index contributed by atoms with van der Waals surface area (Å²) < 4.78 is 25.0. The van der Waals surface area contributed by atoms with Crippen molar-refractivity contribution in [2.24, 2.45) is 0 Å². The van der Waals surface area contributed by atoms with Gasteiger partial charge in [-0.15, -0.1) is 0 Å². The third kappa shape index (κ3) is 2.25. The Morgan fingerprint density at radius 2 is 1.91 bits per heavy atom. The summed E-state index contributed by atoms with van der Waals surface area (Å²) >= 11 is 3.50. The largest absolute Gasteiger partial charge is 0.225 e. The van der Waals surface area contributed by atoms with Crippen LogP contribution in [0.15, 0.2) is 29.2 Å². The predicted octanol–water partition coefficient (Wildman–Crippen LogP) is 2.26. The van der Waals surface area contributed by atoms with Gasteiger partial charge in [0, 0.05) is 5.02 Å². The molecule has 1 unspecified atom stereocenters. The molecule has 0 aromatic heterocycles. The molecule has 0 N–H and O–H groups in total. The van der Waals surface area contributed by atoms with Crippen molar-refractivity contribution in [2.75, 3.05) is 0 Å². The summed E-state index contributed by atoms with van der Waals surface area (Å²) in [4.78, 5) is 0.247. The van der Waals surface area contributed by atoms with E-state index in [2.05, 4.69) is 4.39 Å². The highest BCUT2D eigenvalue weighted by atomic mass is 35.5. The van der Waals surface area contributed by atoms with Gasteiger partial charge in [-0.05, 0) is 28.8 Å². The molecule has 0 saturated carbocycles. The average Bonchev–Trinajstić information content (AvgIpc) is 2.05. The summed E-state index contributed by atoms with van der Waals surface area (Å²) in [5.41, 5.74) is 0. The summed E-state index contributed by atoms with van der Waals surface area (Å²) in [6.07, 6.45) is 0. The summed E-state index contributed by atoms with van der Waals surface area (Å²) in [7, 11) is 0. The second-order valence-corrected chi connectivity index (χ2v) is 3.25. The SMILES string of the molecule is O=S(OF)c1ccc(Cl)cc1. The van der Waals surface area contributed by atoms with E-state index >= 15 is 0 Å². The zero-order valence-electron chi connectivity index (χ0n) is 5.29. The summed E-state index contributed by atoms with van der Waals surface area (Å²) in [5, 5.41) is 0.504. The molecule has 0 aliphatic rings. The van der Waals surface area contributed by atoms with Gasteiger partial charge in [0.05, 0.1) is 4.90 Å². The first-order valence-corrected chi connectivity index (χ1v) is 4.15. The minimum absolute atomic E-state index is 0.247. The Labute approximate surface area is 70.5 Å². The van der Waals surface area contributed by atoms with Gasteiger partial charge in [-0.2, -0.15) is 0 Å². The second kappa shape index (κ2) is 3.80. The van der Waals surface area contributed by atoms with Crippen molar-refractivity contribution in [2.45, 2.75) is 4.90 Å². The summed E-state index contributed by atoms with van der Waals surface area (Å²) in [5.74, 6) is 0. The highest BCUT2D eigenvalue weighted by Crippen LogP contribution is 2.13. The molecule has 5 heteroatoms. The van der Waals surface area contributed by atoms with E-state index in [0.717, 1.165) is 0 Å². The van der Waals surface area contributed by atoms with Crippen LogP contribution in [0.4, 0.5) is 4.53 Å². The normalized spacial score (nSPS) is 12.9. The maximum Gasteiger partial charge on any atom is 0.225 e. The average molecular weight is 195 g/mol. The summed E-state index contributed by atoms with van der Waals surface area (Å²) in [6.45, 7) is 0. The lowest BCUT2D eigenvalue weighted by Gasteiger charge is -1.93. The van der Waals surface area contributed by atoms with Crippen molar-refractivity contribution in [3.63, 3.8) is 0 Å². The van der Waals surface area contributed by atoms with E-state index in [1.54, 1.807) is 0 Å². The number of rotatable bonds is 2. The van der Waals surface area contributed by atoms with Crippen LogP contribution in [0.25, 0.3) is 0 Å². The van der Waals surface area contributed by atoms with E-state index in [1.165, 1.54) is 24.3 Å². The van der Waals surface area contributed by atoms with E-state index in [1.807, 2.05) is 0 Å². The number of hydrogen-bond acceptors (Lipinski definition) is 2. The zero-order chi connectivity index (χ0) is 8.27. The van der Waals surface area contributed by atoms with Crippen molar-refractivity contribution in [3.8, 4) is 0 Å². The first-order valence-electron chi connectivity index (χ1n) is 2.70. The molecular formula is C6H4ClFO2S. The minimum Gasteiger partial charge on any atom is -0.221 e. The van der Waals surface area contributed by atoms with E-state index < -0.39 is 11.1 Å². The Balaban J connectivity index is 2.90. The highest BCUT2D eigenvalue weighted by molar-refractivity contribution is 7.80. The Kier molecular flexibility index (Phi) is 2.99. The third-order valence-electron chi connectivity index (χ3n) is 1.06. The fourth-order valence-electron chi connectivity index (χ4n) is 0.582. The van der Waals surface area contributed by atoms with Gasteiger partial charge in [0.25, 0.3) is 0 Å². The maximum absolute atomic E-state index is 11.3. The predicted molar refractivity (Wildman–Crippen MR) is 40.1 cm³/mol. The second-order valence-electron chi connectivity index (χ2n) is 1.75.